The lowest BCUT2D eigenvalue weighted by Gasteiger charge is -2.22. The van der Waals surface area contributed by atoms with Crippen LogP contribution in [0, 0.1) is 0 Å². The fourth-order valence-corrected chi connectivity index (χ4v) is 4.69. The molecule has 3 heteroatoms. The predicted molar refractivity (Wildman–Crippen MR) is 145 cm³/mol. The molecule has 0 fully saturated rings. The minimum atomic E-state index is 0.0968. The van der Waals surface area contributed by atoms with Crippen molar-refractivity contribution in [3.63, 3.8) is 0 Å². The van der Waals surface area contributed by atoms with Gasteiger partial charge in [0.05, 0.1) is 0 Å². The van der Waals surface area contributed by atoms with Crippen LogP contribution in [0.15, 0.2) is 66.7 Å². The molecular formula is C32H37NO2. The Balaban J connectivity index is 1.44. The zero-order chi connectivity index (χ0) is 25.0. The first-order chi connectivity index (χ1) is 16.8. The Bertz CT molecular complexity index is 1310. The summed E-state index contributed by atoms with van der Waals surface area (Å²) in [6.07, 6.45) is 4.50. The molecule has 0 saturated carbocycles. The van der Waals surface area contributed by atoms with Crippen LogP contribution in [-0.4, -0.2) is 24.3 Å². The minimum absolute atomic E-state index is 0.0968. The van der Waals surface area contributed by atoms with Crippen LogP contribution < -0.4 is 15.2 Å². The van der Waals surface area contributed by atoms with Gasteiger partial charge < -0.3 is 9.64 Å². The van der Waals surface area contributed by atoms with E-state index in [1.54, 1.807) is 0 Å². The number of hydrogen-bond acceptors (Lipinski definition) is 3. The summed E-state index contributed by atoms with van der Waals surface area (Å²) in [5.74, 6) is 1.14. The summed E-state index contributed by atoms with van der Waals surface area (Å²) in [6.45, 7) is 10.2. The number of carbonyl (C=O) groups is 1. The Hall–Kier alpha value is -3.33. The van der Waals surface area contributed by atoms with Gasteiger partial charge >= 0.3 is 0 Å². The van der Waals surface area contributed by atoms with Crippen LogP contribution in [0.2, 0.25) is 0 Å². The third-order valence-corrected chi connectivity index (χ3v) is 6.86. The van der Waals surface area contributed by atoms with Crippen molar-refractivity contribution in [3.8, 4) is 5.75 Å². The van der Waals surface area contributed by atoms with E-state index in [0.29, 0.717) is 13.0 Å². The lowest BCUT2D eigenvalue weighted by molar-refractivity contribution is 0.0978. The van der Waals surface area contributed by atoms with Crippen molar-refractivity contribution in [1.29, 1.82) is 0 Å². The summed E-state index contributed by atoms with van der Waals surface area (Å²) < 4.78 is 6.17. The van der Waals surface area contributed by atoms with Crippen LogP contribution in [0.25, 0.3) is 11.8 Å². The van der Waals surface area contributed by atoms with Crippen LogP contribution in [0.1, 0.15) is 74.0 Å². The van der Waals surface area contributed by atoms with Gasteiger partial charge in [-0.25, -0.2) is 0 Å². The van der Waals surface area contributed by atoms with Crippen molar-refractivity contribution >= 4 is 17.6 Å². The number of ketones is 1. The van der Waals surface area contributed by atoms with E-state index in [-0.39, 0.29) is 11.2 Å². The third kappa shape index (κ3) is 5.85. The highest BCUT2D eigenvalue weighted by Crippen LogP contribution is 2.23. The normalized spacial score (nSPS) is 13.5. The molecule has 0 bridgehead atoms. The van der Waals surface area contributed by atoms with Crippen LogP contribution in [0.3, 0.4) is 0 Å². The van der Waals surface area contributed by atoms with E-state index in [1.165, 1.54) is 27.6 Å². The maximum Gasteiger partial charge on any atom is 0.162 e. The summed E-state index contributed by atoms with van der Waals surface area (Å²) in [5, 5.41) is 2.29. The molecule has 1 aliphatic rings. The standard InChI is InChI=1S/C32H37NO2/c1-6-29(25-13-14-26-20-24-10-7-8-11-27(24)22-35-31(26)21-25)33(5)19-9-12-30(34)23-15-17-28(18-16-23)32(2,3)4/h7-8,10-11,13-18,20-21H,6,9,12,19,22H2,1-5H3. The Labute approximate surface area is 209 Å². The molecule has 0 amide bonds. The average Bonchev–Trinajstić information content (AvgIpc) is 3.03. The molecule has 3 aromatic carbocycles. The second-order valence-electron chi connectivity index (χ2n) is 10.5. The van der Waals surface area contributed by atoms with Crippen molar-refractivity contribution in [3.05, 3.63) is 99.4 Å². The average molecular weight is 468 g/mol. The maximum atomic E-state index is 12.7. The first-order valence-corrected chi connectivity index (χ1v) is 12.7. The summed E-state index contributed by atoms with van der Waals surface area (Å²) >= 11 is 0. The number of hydrogen-bond donors (Lipinski definition) is 0. The monoisotopic (exact) mass is 467 g/mol. The van der Waals surface area contributed by atoms with Gasteiger partial charge in [0.15, 0.2) is 5.78 Å². The van der Waals surface area contributed by atoms with E-state index >= 15 is 0 Å². The number of fused-ring (bicyclic) bond motifs is 2. The van der Waals surface area contributed by atoms with Gasteiger partial charge in [0.25, 0.3) is 0 Å². The van der Waals surface area contributed by atoms with Crippen LogP contribution in [0.4, 0.5) is 0 Å². The van der Waals surface area contributed by atoms with Crippen LogP contribution in [0.5, 0.6) is 5.75 Å². The highest BCUT2D eigenvalue weighted by molar-refractivity contribution is 5.96. The molecule has 4 rings (SSSR count). The largest absolute Gasteiger partial charge is 0.488 e. The first kappa shape index (κ1) is 24.8. The smallest absolute Gasteiger partial charge is 0.162 e. The van der Waals surface area contributed by atoms with Crippen LogP contribution >= 0.6 is 0 Å². The molecule has 0 atom stereocenters. The second-order valence-corrected chi connectivity index (χ2v) is 10.5. The zero-order valence-corrected chi connectivity index (χ0v) is 21.7. The molecule has 0 unspecified atom stereocenters. The van der Waals surface area contributed by atoms with Gasteiger partial charge in [-0.15, -0.1) is 0 Å². The quantitative estimate of drug-likeness (QED) is 0.410. The fraction of sp³-hybridized carbons (Fsp3) is 0.344. The SMILES string of the molecule is CCC(=c1ccc2c(c1)OCc1ccccc1C=2)N(C)CCCC(=O)c1ccc(C(C)(C)C)cc1. The lowest BCUT2D eigenvalue weighted by atomic mass is 9.86. The first-order valence-electron chi connectivity index (χ1n) is 12.7. The van der Waals surface area contributed by atoms with Gasteiger partial charge in [0.1, 0.15) is 12.4 Å². The Morgan fingerprint density at radius 2 is 1.74 bits per heavy atom. The highest BCUT2D eigenvalue weighted by atomic mass is 16.5. The van der Waals surface area contributed by atoms with Gasteiger partial charge in [-0.3, -0.25) is 4.79 Å². The molecule has 0 saturated heterocycles. The molecule has 3 nitrogen and oxygen atoms in total. The third-order valence-electron chi connectivity index (χ3n) is 6.86. The molecule has 3 aromatic rings. The van der Waals surface area contributed by atoms with E-state index in [1.807, 2.05) is 12.1 Å². The summed E-state index contributed by atoms with van der Waals surface area (Å²) in [5.41, 5.74) is 5.84. The molecule has 0 N–H and O–H groups in total. The lowest BCUT2D eigenvalue weighted by Crippen LogP contribution is -2.25. The topological polar surface area (TPSA) is 29.5 Å². The van der Waals surface area contributed by atoms with Crippen molar-refractivity contribution in [1.82, 2.24) is 4.90 Å². The van der Waals surface area contributed by atoms with Crippen LogP contribution in [-0.2, 0) is 12.0 Å². The number of carbonyl (C=O) groups excluding carboxylic acids is 1. The zero-order valence-electron chi connectivity index (χ0n) is 21.7. The van der Waals surface area contributed by atoms with E-state index < -0.39 is 0 Å². The highest BCUT2D eigenvalue weighted by Gasteiger charge is 2.15. The van der Waals surface area contributed by atoms with Gasteiger partial charge in [0, 0.05) is 36.5 Å². The van der Waals surface area contributed by atoms with Crippen molar-refractivity contribution in [2.75, 3.05) is 13.6 Å². The molecule has 0 radical (unpaired) electrons. The molecule has 182 valence electrons. The molecule has 0 aromatic heterocycles. The van der Waals surface area contributed by atoms with E-state index in [9.17, 15) is 4.79 Å². The Morgan fingerprint density at radius 3 is 2.46 bits per heavy atom. The summed E-state index contributed by atoms with van der Waals surface area (Å²) in [6, 6.07) is 23.0. The molecule has 0 aliphatic carbocycles. The van der Waals surface area contributed by atoms with Crippen molar-refractivity contribution in [2.24, 2.45) is 0 Å². The van der Waals surface area contributed by atoms with Crippen molar-refractivity contribution < 1.29 is 9.53 Å². The number of ether oxygens (including phenoxy) is 1. The number of rotatable bonds is 7. The van der Waals surface area contributed by atoms with Gasteiger partial charge in [0.2, 0.25) is 0 Å². The van der Waals surface area contributed by atoms with Gasteiger partial charge in [-0.05, 0) is 52.3 Å². The minimum Gasteiger partial charge on any atom is -0.488 e. The molecule has 35 heavy (non-hydrogen) atoms. The second kappa shape index (κ2) is 10.5. The molecule has 0 spiro atoms. The maximum absolute atomic E-state index is 12.7. The Morgan fingerprint density at radius 1 is 1.00 bits per heavy atom. The summed E-state index contributed by atoms with van der Waals surface area (Å²) in [4.78, 5) is 15.0. The summed E-state index contributed by atoms with van der Waals surface area (Å²) in [7, 11) is 2.12. The van der Waals surface area contributed by atoms with E-state index in [4.69, 9.17) is 4.74 Å². The number of benzene rings is 3. The molecular weight excluding hydrogens is 430 g/mol. The predicted octanol–water partition coefficient (Wildman–Crippen LogP) is 5.82. The fourth-order valence-electron chi connectivity index (χ4n) is 4.69. The van der Waals surface area contributed by atoms with Crippen molar-refractivity contribution in [2.45, 2.75) is 59.0 Å². The molecule has 1 heterocycles. The number of Topliss-reactive ketones (excluding diaryl/α,β-unsaturated/α-hetero) is 1. The Kier molecular flexibility index (Phi) is 7.45. The van der Waals surface area contributed by atoms with Gasteiger partial charge in [-0.2, -0.15) is 0 Å². The van der Waals surface area contributed by atoms with E-state index in [0.717, 1.165) is 35.9 Å². The van der Waals surface area contributed by atoms with Gasteiger partial charge in [-0.1, -0.05) is 88.4 Å². The van der Waals surface area contributed by atoms with E-state index in [2.05, 4.69) is 100 Å². The molecule has 1 aliphatic heterocycles. The number of nitrogens with zero attached hydrogens (tertiary/aromatic N) is 1.